The summed E-state index contributed by atoms with van der Waals surface area (Å²) in [7, 11) is 1.59. The number of nitrogen functional groups attached to an aromatic ring is 1. The molecule has 1 saturated heterocycles. The molecular formula is C18H25N5O3. The highest BCUT2D eigenvalue weighted by molar-refractivity contribution is 5.90. The summed E-state index contributed by atoms with van der Waals surface area (Å²) in [6.45, 7) is 3.31. The number of primary amides is 1. The van der Waals surface area contributed by atoms with Crippen molar-refractivity contribution in [1.82, 2.24) is 14.9 Å². The largest absolute Gasteiger partial charge is 0.493 e. The van der Waals surface area contributed by atoms with Crippen molar-refractivity contribution in [1.29, 1.82) is 0 Å². The number of benzene rings is 1. The van der Waals surface area contributed by atoms with Gasteiger partial charge >= 0.3 is 0 Å². The van der Waals surface area contributed by atoms with E-state index in [2.05, 4.69) is 14.9 Å². The first-order chi connectivity index (χ1) is 12.6. The van der Waals surface area contributed by atoms with Crippen LogP contribution in [0.25, 0.3) is 10.9 Å². The van der Waals surface area contributed by atoms with Gasteiger partial charge in [0.2, 0.25) is 5.91 Å². The molecule has 1 aromatic heterocycles. The van der Waals surface area contributed by atoms with Gasteiger partial charge in [-0.2, -0.15) is 0 Å². The van der Waals surface area contributed by atoms with E-state index in [1.807, 2.05) is 6.07 Å². The number of rotatable bonds is 7. The van der Waals surface area contributed by atoms with Gasteiger partial charge in [0, 0.05) is 23.9 Å². The van der Waals surface area contributed by atoms with Gasteiger partial charge in [0.15, 0.2) is 11.5 Å². The molecule has 0 unspecified atom stereocenters. The van der Waals surface area contributed by atoms with Crippen molar-refractivity contribution < 1.29 is 14.3 Å². The smallest absolute Gasteiger partial charge is 0.220 e. The van der Waals surface area contributed by atoms with E-state index >= 15 is 0 Å². The summed E-state index contributed by atoms with van der Waals surface area (Å²) in [5.41, 5.74) is 12.0. The van der Waals surface area contributed by atoms with E-state index in [0.717, 1.165) is 49.8 Å². The molecule has 0 bridgehead atoms. The molecule has 1 aromatic carbocycles. The standard InChI is InChI=1S/C18H25N5O3/c1-25-15-9-13-14(21-11-22-17(13)19)10-16(15)26-8-2-5-23-6-3-12(4-7-23)18(20)24/h9-12H,2-8H2,1H3,(H2,20,24)(H2,19,21,22). The lowest BCUT2D eigenvalue weighted by Crippen LogP contribution is -2.39. The van der Waals surface area contributed by atoms with Gasteiger partial charge in [-0.15, -0.1) is 0 Å². The fourth-order valence-electron chi connectivity index (χ4n) is 3.27. The summed E-state index contributed by atoms with van der Waals surface area (Å²) in [6, 6.07) is 3.62. The molecule has 0 aliphatic carbocycles. The van der Waals surface area contributed by atoms with Crippen molar-refractivity contribution in [2.75, 3.05) is 39.1 Å². The van der Waals surface area contributed by atoms with Gasteiger partial charge in [0.25, 0.3) is 0 Å². The number of hydrogen-bond donors (Lipinski definition) is 2. The number of anilines is 1. The van der Waals surface area contributed by atoms with Crippen LogP contribution in [0.1, 0.15) is 19.3 Å². The lowest BCUT2D eigenvalue weighted by molar-refractivity contribution is -0.123. The number of hydrogen-bond acceptors (Lipinski definition) is 7. The highest BCUT2D eigenvalue weighted by atomic mass is 16.5. The molecule has 2 heterocycles. The fourth-order valence-corrected chi connectivity index (χ4v) is 3.27. The zero-order chi connectivity index (χ0) is 18.5. The van der Waals surface area contributed by atoms with E-state index in [9.17, 15) is 4.79 Å². The molecule has 3 rings (SSSR count). The van der Waals surface area contributed by atoms with Crippen LogP contribution in [-0.4, -0.2) is 54.1 Å². The predicted octanol–water partition coefficient (Wildman–Crippen LogP) is 1.19. The Morgan fingerprint density at radius 1 is 1.27 bits per heavy atom. The normalized spacial score (nSPS) is 15.9. The number of nitrogens with two attached hydrogens (primary N) is 2. The van der Waals surface area contributed by atoms with Crippen molar-refractivity contribution in [3.63, 3.8) is 0 Å². The van der Waals surface area contributed by atoms with Crippen molar-refractivity contribution in [2.45, 2.75) is 19.3 Å². The molecule has 1 fully saturated rings. The summed E-state index contributed by atoms with van der Waals surface area (Å²) in [6.07, 6.45) is 4.00. The molecule has 1 amide bonds. The molecule has 2 aromatic rings. The third-order valence-electron chi connectivity index (χ3n) is 4.82. The van der Waals surface area contributed by atoms with Gasteiger partial charge in [0.1, 0.15) is 12.1 Å². The number of nitrogens with zero attached hydrogens (tertiary/aromatic N) is 3. The highest BCUT2D eigenvalue weighted by Gasteiger charge is 2.22. The number of fused-ring (bicyclic) bond motifs is 1. The number of likely N-dealkylation sites (tertiary alicyclic amines) is 1. The van der Waals surface area contributed by atoms with E-state index < -0.39 is 0 Å². The molecule has 0 radical (unpaired) electrons. The number of carbonyl (C=O) groups excluding carboxylic acids is 1. The van der Waals surface area contributed by atoms with E-state index in [1.165, 1.54) is 6.33 Å². The number of carbonyl (C=O) groups is 1. The van der Waals surface area contributed by atoms with Crippen LogP contribution in [0.2, 0.25) is 0 Å². The van der Waals surface area contributed by atoms with Crippen molar-refractivity contribution in [2.24, 2.45) is 11.7 Å². The second-order valence-corrected chi connectivity index (χ2v) is 6.50. The van der Waals surface area contributed by atoms with Crippen LogP contribution in [0.4, 0.5) is 5.82 Å². The first-order valence-electron chi connectivity index (χ1n) is 8.81. The molecule has 1 aliphatic rings. The van der Waals surface area contributed by atoms with Crippen LogP contribution in [-0.2, 0) is 4.79 Å². The van der Waals surface area contributed by atoms with Crippen molar-refractivity contribution >= 4 is 22.6 Å². The molecule has 0 saturated carbocycles. The van der Waals surface area contributed by atoms with Gasteiger partial charge in [0.05, 0.1) is 19.2 Å². The van der Waals surface area contributed by atoms with Gasteiger partial charge in [-0.25, -0.2) is 9.97 Å². The molecule has 8 nitrogen and oxygen atoms in total. The Bertz CT molecular complexity index is 775. The predicted molar refractivity (Wildman–Crippen MR) is 99.0 cm³/mol. The van der Waals surface area contributed by atoms with Gasteiger partial charge < -0.3 is 25.8 Å². The summed E-state index contributed by atoms with van der Waals surface area (Å²) >= 11 is 0. The number of methoxy groups -OCH3 is 1. The van der Waals surface area contributed by atoms with Crippen LogP contribution in [0.3, 0.4) is 0 Å². The average molecular weight is 359 g/mol. The summed E-state index contributed by atoms with van der Waals surface area (Å²) < 4.78 is 11.3. The lowest BCUT2D eigenvalue weighted by atomic mass is 9.96. The van der Waals surface area contributed by atoms with Crippen LogP contribution in [0.5, 0.6) is 11.5 Å². The van der Waals surface area contributed by atoms with Crippen LogP contribution in [0.15, 0.2) is 18.5 Å². The Hall–Kier alpha value is -2.61. The lowest BCUT2D eigenvalue weighted by Gasteiger charge is -2.30. The third kappa shape index (κ3) is 4.13. The molecular weight excluding hydrogens is 334 g/mol. The highest BCUT2D eigenvalue weighted by Crippen LogP contribution is 2.33. The van der Waals surface area contributed by atoms with Gasteiger partial charge in [-0.1, -0.05) is 0 Å². The maximum atomic E-state index is 11.2. The molecule has 0 spiro atoms. The fraction of sp³-hybridized carbons (Fsp3) is 0.500. The minimum Gasteiger partial charge on any atom is -0.493 e. The summed E-state index contributed by atoms with van der Waals surface area (Å²) in [4.78, 5) is 21.8. The topological polar surface area (TPSA) is 117 Å². The minimum absolute atomic E-state index is 0.0267. The maximum absolute atomic E-state index is 11.2. The summed E-state index contributed by atoms with van der Waals surface area (Å²) in [5.74, 6) is 1.52. The van der Waals surface area contributed by atoms with Gasteiger partial charge in [-0.05, 0) is 38.4 Å². The Morgan fingerprint density at radius 2 is 2.04 bits per heavy atom. The zero-order valence-corrected chi connectivity index (χ0v) is 15.0. The van der Waals surface area contributed by atoms with Crippen molar-refractivity contribution in [3.8, 4) is 11.5 Å². The first kappa shape index (κ1) is 18.2. The molecule has 140 valence electrons. The third-order valence-corrected chi connectivity index (χ3v) is 4.82. The quantitative estimate of drug-likeness (QED) is 0.713. The Balaban J connectivity index is 1.53. The molecule has 4 N–H and O–H groups in total. The SMILES string of the molecule is COc1cc2c(N)ncnc2cc1OCCCN1CCC(C(N)=O)CC1. The second kappa shape index (κ2) is 8.18. The van der Waals surface area contributed by atoms with E-state index in [0.29, 0.717) is 23.9 Å². The Morgan fingerprint density at radius 3 is 2.73 bits per heavy atom. The average Bonchev–Trinajstić information content (AvgIpc) is 2.65. The van der Waals surface area contributed by atoms with Crippen LogP contribution < -0.4 is 20.9 Å². The monoisotopic (exact) mass is 359 g/mol. The Labute approximate surface area is 152 Å². The first-order valence-corrected chi connectivity index (χ1v) is 8.81. The Kier molecular flexibility index (Phi) is 5.72. The van der Waals surface area contributed by atoms with E-state index in [4.69, 9.17) is 20.9 Å². The molecule has 8 heteroatoms. The number of ether oxygens (including phenoxy) is 2. The zero-order valence-electron chi connectivity index (χ0n) is 15.0. The summed E-state index contributed by atoms with van der Waals surface area (Å²) in [5, 5.41) is 0.744. The second-order valence-electron chi connectivity index (χ2n) is 6.50. The molecule has 1 aliphatic heterocycles. The van der Waals surface area contributed by atoms with Crippen LogP contribution >= 0.6 is 0 Å². The number of amides is 1. The van der Waals surface area contributed by atoms with Gasteiger partial charge in [-0.3, -0.25) is 4.79 Å². The van der Waals surface area contributed by atoms with E-state index in [1.54, 1.807) is 13.2 Å². The van der Waals surface area contributed by atoms with Crippen molar-refractivity contribution in [3.05, 3.63) is 18.5 Å². The number of piperidine rings is 1. The maximum Gasteiger partial charge on any atom is 0.220 e. The van der Waals surface area contributed by atoms with Crippen LogP contribution in [0, 0.1) is 5.92 Å². The number of aromatic nitrogens is 2. The molecule has 0 atom stereocenters. The molecule has 26 heavy (non-hydrogen) atoms. The minimum atomic E-state index is -0.180. The van der Waals surface area contributed by atoms with E-state index in [-0.39, 0.29) is 11.8 Å².